The van der Waals surface area contributed by atoms with Gasteiger partial charge in [-0.15, -0.1) is 0 Å². The fraction of sp³-hybridized carbons (Fsp3) is 0.833. The van der Waals surface area contributed by atoms with Crippen LogP contribution >= 0.6 is 22.6 Å². The Labute approximate surface area is 239 Å². The van der Waals surface area contributed by atoms with E-state index in [1.165, 1.54) is 0 Å². The third-order valence-electron chi connectivity index (χ3n) is 6.03. The van der Waals surface area contributed by atoms with E-state index in [0.717, 1.165) is 42.1 Å². The summed E-state index contributed by atoms with van der Waals surface area (Å²) in [6, 6.07) is -0.546. The highest BCUT2D eigenvalue weighted by Gasteiger charge is 2.42. The largest absolute Gasteiger partial charge is 0.444 e. The average molecular weight is 610 g/mol. The van der Waals surface area contributed by atoms with Crippen LogP contribution in [-0.4, -0.2) is 92.2 Å². The fourth-order valence-electron chi connectivity index (χ4n) is 4.27. The van der Waals surface area contributed by atoms with Gasteiger partial charge < -0.3 is 31.3 Å². The van der Waals surface area contributed by atoms with Crippen molar-refractivity contribution >= 4 is 55.4 Å². The molecule has 0 aromatic carbocycles. The van der Waals surface area contributed by atoms with Gasteiger partial charge in [0.25, 0.3) is 0 Å². The van der Waals surface area contributed by atoms with Gasteiger partial charge in [-0.2, -0.15) is 11.8 Å². The minimum Gasteiger partial charge on any atom is -0.444 e. The van der Waals surface area contributed by atoms with Crippen LogP contribution in [0.15, 0.2) is 0 Å². The van der Waals surface area contributed by atoms with Gasteiger partial charge in [-0.05, 0) is 63.7 Å². The van der Waals surface area contributed by atoms with Gasteiger partial charge in [-0.25, -0.2) is 18.0 Å². The van der Waals surface area contributed by atoms with Crippen LogP contribution in [0, 0.1) is 0 Å². The molecule has 39 heavy (non-hydrogen) atoms. The van der Waals surface area contributed by atoms with E-state index < -0.39 is 32.5 Å². The summed E-state index contributed by atoms with van der Waals surface area (Å²) in [6.45, 7) is 5.78. The molecule has 0 saturated carbocycles. The molecule has 15 heteroatoms. The van der Waals surface area contributed by atoms with Gasteiger partial charge >= 0.3 is 12.1 Å². The zero-order valence-corrected chi connectivity index (χ0v) is 25.6. The van der Waals surface area contributed by atoms with Gasteiger partial charge in [0.15, 0.2) is 8.87 Å². The molecule has 2 heterocycles. The lowest BCUT2D eigenvalue weighted by atomic mass is 10.0. The van der Waals surface area contributed by atoms with E-state index in [2.05, 4.69) is 26.6 Å². The second kappa shape index (κ2) is 15.8. The number of amides is 5. The summed E-state index contributed by atoms with van der Waals surface area (Å²) in [6.07, 6.45) is 5.03. The fourth-order valence-corrected chi connectivity index (χ4v) is 7.46. The zero-order chi connectivity index (χ0) is 29.1. The van der Waals surface area contributed by atoms with Gasteiger partial charge in [0, 0.05) is 42.5 Å². The third kappa shape index (κ3) is 13.8. The highest BCUT2D eigenvalue weighted by Crippen LogP contribution is 2.33. The molecule has 2 aliphatic heterocycles. The van der Waals surface area contributed by atoms with Crippen LogP contribution in [-0.2, 0) is 23.2 Å². The molecule has 0 aromatic rings. The van der Waals surface area contributed by atoms with Crippen LogP contribution in [0.5, 0.6) is 0 Å². The Morgan fingerprint density at radius 2 is 1.85 bits per heavy atom. The van der Waals surface area contributed by atoms with Crippen LogP contribution in [0.3, 0.4) is 0 Å². The van der Waals surface area contributed by atoms with Crippen molar-refractivity contribution in [2.75, 3.05) is 30.9 Å². The number of unbranched alkanes of at least 4 members (excludes halogenated alkanes) is 2. The molecule has 0 aliphatic carbocycles. The van der Waals surface area contributed by atoms with E-state index in [-0.39, 0.29) is 36.3 Å². The van der Waals surface area contributed by atoms with E-state index >= 15 is 0 Å². The third-order valence-corrected chi connectivity index (χ3v) is 10.1. The Balaban J connectivity index is 1.64. The molecule has 2 fully saturated rings. The van der Waals surface area contributed by atoms with Crippen LogP contribution in [0.1, 0.15) is 65.7 Å². The normalized spacial score (nSPS) is 21.3. The lowest BCUT2D eigenvalue weighted by Crippen LogP contribution is -2.48. The molecule has 2 rings (SSSR count). The van der Waals surface area contributed by atoms with Crippen LogP contribution in [0.4, 0.5) is 9.59 Å². The maximum absolute atomic E-state index is 12.6. The summed E-state index contributed by atoms with van der Waals surface area (Å²) in [5, 5.41) is 14.4. The summed E-state index contributed by atoms with van der Waals surface area (Å²) in [7, 11) is -2.46. The van der Waals surface area contributed by atoms with Crippen molar-refractivity contribution in [1.82, 2.24) is 26.6 Å². The number of nitrogens with one attached hydrogen (secondary N) is 5. The number of thioether (sulfide) groups is 1. The van der Waals surface area contributed by atoms with Crippen molar-refractivity contribution in [2.45, 2.75) is 94.7 Å². The van der Waals surface area contributed by atoms with E-state index in [9.17, 15) is 27.6 Å². The van der Waals surface area contributed by atoms with Gasteiger partial charge in [-0.1, -0.05) is 6.42 Å². The van der Waals surface area contributed by atoms with Crippen molar-refractivity contribution in [3.63, 3.8) is 0 Å². The van der Waals surface area contributed by atoms with Crippen LogP contribution < -0.4 is 26.6 Å². The van der Waals surface area contributed by atoms with E-state index in [0.29, 0.717) is 37.5 Å². The molecule has 2 aliphatic rings. The molecule has 0 radical (unpaired) electrons. The Morgan fingerprint density at radius 1 is 1.10 bits per heavy atom. The SMILES string of the molecule is CC(C)(C)OC(=O)NC(CCCCNC(=O)CCCCC1SCC2NC(=O)NC21)C(=O)NCCSS(C)(=O)=O. The highest BCUT2D eigenvalue weighted by atomic mass is 33.1. The molecular formula is C24H43N5O7S3. The topological polar surface area (TPSA) is 172 Å². The Morgan fingerprint density at radius 3 is 2.54 bits per heavy atom. The summed E-state index contributed by atoms with van der Waals surface area (Å²) in [4.78, 5) is 48.5. The monoisotopic (exact) mass is 609 g/mol. The first-order valence-corrected chi connectivity index (χ1v) is 17.7. The quantitative estimate of drug-likeness (QED) is 0.0992. The van der Waals surface area contributed by atoms with E-state index in [4.69, 9.17) is 4.74 Å². The van der Waals surface area contributed by atoms with E-state index in [1.807, 2.05) is 11.8 Å². The predicted molar refractivity (Wildman–Crippen MR) is 154 cm³/mol. The Hall–Kier alpha value is -1.87. The molecule has 0 bridgehead atoms. The molecule has 12 nitrogen and oxygen atoms in total. The first-order chi connectivity index (χ1) is 18.2. The van der Waals surface area contributed by atoms with Crippen molar-refractivity contribution in [1.29, 1.82) is 0 Å². The van der Waals surface area contributed by atoms with Crippen LogP contribution in [0.25, 0.3) is 0 Å². The molecule has 5 amide bonds. The van der Waals surface area contributed by atoms with Crippen LogP contribution in [0.2, 0.25) is 0 Å². The lowest BCUT2D eigenvalue weighted by molar-refractivity contribution is -0.123. The van der Waals surface area contributed by atoms with Crippen molar-refractivity contribution in [3.8, 4) is 0 Å². The average Bonchev–Trinajstić information content (AvgIpc) is 3.35. The van der Waals surface area contributed by atoms with Gasteiger partial charge in [-0.3, -0.25) is 9.59 Å². The number of hydrogen-bond donors (Lipinski definition) is 5. The number of hydrogen-bond acceptors (Lipinski definition) is 9. The lowest BCUT2D eigenvalue weighted by Gasteiger charge is -2.23. The molecular weight excluding hydrogens is 566 g/mol. The predicted octanol–water partition coefficient (Wildman–Crippen LogP) is 1.70. The van der Waals surface area contributed by atoms with Crippen molar-refractivity contribution in [2.24, 2.45) is 0 Å². The molecule has 4 atom stereocenters. The summed E-state index contributed by atoms with van der Waals surface area (Å²) in [5.41, 5.74) is -0.719. The van der Waals surface area contributed by atoms with Gasteiger partial charge in [0.05, 0.1) is 12.1 Å². The number of alkyl carbamates (subject to hydrolysis) is 1. The van der Waals surface area contributed by atoms with Crippen molar-refractivity contribution in [3.05, 3.63) is 0 Å². The zero-order valence-electron chi connectivity index (χ0n) is 23.2. The number of fused-ring (bicyclic) bond motifs is 1. The number of carbonyl (C=O) groups is 4. The minimum absolute atomic E-state index is 0.0210. The smallest absolute Gasteiger partial charge is 0.408 e. The van der Waals surface area contributed by atoms with E-state index in [1.54, 1.807) is 20.8 Å². The first-order valence-electron chi connectivity index (χ1n) is 13.3. The standard InChI is InChI=1S/C24H43N5O7S3/c1-24(2,3)36-23(33)28-16(21(31)26-13-14-38-39(4,34)35)9-7-8-12-25-19(30)11-6-5-10-18-20-17(15-37-18)27-22(32)29-20/h16-18,20H,5-15H2,1-4H3,(H,25,30)(H,26,31)(H,28,33)(H2,27,29,32). The summed E-state index contributed by atoms with van der Waals surface area (Å²) in [5.74, 6) is 0.683. The minimum atomic E-state index is -3.20. The second-order valence-electron chi connectivity index (χ2n) is 10.7. The van der Waals surface area contributed by atoms with Crippen molar-refractivity contribution < 1.29 is 32.3 Å². The van der Waals surface area contributed by atoms with Gasteiger partial charge in [0.1, 0.15) is 11.6 Å². The molecule has 4 unspecified atom stereocenters. The second-order valence-corrected chi connectivity index (χ2v) is 16.6. The summed E-state index contributed by atoms with van der Waals surface area (Å²) < 4.78 is 27.7. The number of rotatable bonds is 16. The summed E-state index contributed by atoms with van der Waals surface area (Å²) >= 11 is 1.87. The molecule has 0 spiro atoms. The maximum atomic E-state index is 12.6. The number of ether oxygens (including phenoxy) is 1. The number of carbonyl (C=O) groups excluding carboxylic acids is 4. The molecule has 2 saturated heterocycles. The highest BCUT2D eigenvalue weighted by molar-refractivity contribution is 8.71. The Kier molecular flexibility index (Phi) is 13.5. The van der Waals surface area contributed by atoms with Gasteiger partial charge in [0.2, 0.25) is 11.8 Å². The molecule has 0 aromatic heterocycles. The molecule has 5 N–H and O–H groups in total. The molecule has 224 valence electrons. The first kappa shape index (κ1) is 33.3. The maximum Gasteiger partial charge on any atom is 0.408 e. The number of urea groups is 1. The Bertz CT molecular complexity index is 958.